The smallest absolute Gasteiger partial charge is 0.338 e. The molecule has 3 radical (unpaired) electrons. The molecule has 4 heteroatoms. The summed E-state index contributed by atoms with van der Waals surface area (Å²) >= 11 is 0. The normalized spacial score (nSPS) is 15.3. The van der Waals surface area contributed by atoms with Gasteiger partial charge in [-0.15, -0.1) is 0 Å². The van der Waals surface area contributed by atoms with Crippen LogP contribution in [-0.2, 0) is 10.2 Å². The number of allylic oxidation sites excluding steroid dienone is 2. The summed E-state index contributed by atoms with van der Waals surface area (Å²) in [6.45, 7) is 12.1. The van der Waals surface area contributed by atoms with Crippen molar-refractivity contribution in [2.75, 3.05) is 0 Å². The summed E-state index contributed by atoms with van der Waals surface area (Å²) in [5.41, 5.74) is 7.16. The van der Waals surface area contributed by atoms with E-state index >= 15 is 0 Å². The third-order valence-corrected chi connectivity index (χ3v) is 7.82. The van der Waals surface area contributed by atoms with E-state index in [1.54, 1.807) is 24.3 Å². The number of fused-ring (bicyclic) bond motifs is 1. The topological polar surface area (TPSA) is 43.4 Å². The van der Waals surface area contributed by atoms with E-state index in [1.165, 1.54) is 22.3 Å². The maximum atomic E-state index is 13.0. The van der Waals surface area contributed by atoms with Crippen molar-refractivity contribution in [3.8, 4) is 0 Å². The molecule has 0 N–H and O–H groups in total. The van der Waals surface area contributed by atoms with Crippen molar-refractivity contribution in [2.45, 2.75) is 58.1 Å². The van der Waals surface area contributed by atoms with E-state index in [1.807, 2.05) is 45.0 Å². The first-order valence-electron chi connectivity index (χ1n) is 12.6. The number of benzene rings is 3. The molecule has 0 saturated carbocycles. The maximum absolute atomic E-state index is 13.0. The molecule has 0 saturated heterocycles. The first-order chi connectivity index (χ1) is 17.4. The minimum absolute atomic E-state index is 0.0134. The lowest BCUT2D eigenvalue weighted by atomic mass is 9.85. The molecule has 0 spiro atoms. The summed E-state index contributed by atoms with van der Waals surface area (Å²) in [5.74, 6) is -0.431. The zero-order valence-corrected chi connectivity index (χ0v) is 23.4. The molecule has 37 heavy (non-hydrogen) atoms. The minimum Gasteiger partial charge on any atom is -0.456 e. The average molecular weight is 506 g/mol. The fourth-order valence-electron chi connectivity index (χ4n) is 4.34. The van der Waals surface area contributed by atoms with E-state index in [-0.39, 0.29) is 22.7 Å². The molecule has 0 aromatic heterocycles. The minimum atomic E-state index is -0.625. The highest BCUT2D eigenvalue weighted by molar-refractivity contribution is 6.12. The molecule has 0 heterocycles. The Balaban J connectivity index is 1.49. The van der Waals surface area contributed by atoms with Gasteiger partial charge in [0.05, 0.1) is 5.56 Å². The second-order valence-corrected chi connectivity index (χ2v) is 11.8. The van der Waals surface area contributed by atoms with E-state index < -0.39 is 5.60 Å². The summed E-state index contributed by atoms with van der Waals surface area (Å²) in [6, 6.07) is 21.6. The van der Waals surface area contributed by atoms with Crippen LogP contribution in [0.3, 0.4) is 0 Å². The predicted molar refractivity (Wildman–Crippen MR) is 152 cm³/mol. The third kappa shape index (κ3) is 5.75. The molecular weight excluding hydrogens is 472 g/mol. The van der Waals surface area contributed by atoms with E-state index in [2.05, 4.69) is 67.4 Å². The Morgan fingerprint density at radius 2 is 1.57 bits per heavy atom. The van der Waals surface area contributed by atoms with Gasteiger partial charge in [-0.2, -0.15) is 0 Å². The number of carbonyl (C=O) groups is 2. The molecule has 0 aliphatic heterocycles. The van der Waals surface area contributed by atoms with Crippen LogP contribution >= 0.6 is 0 Å². The Bertz CT molecular complexity index is 1390. The van der Waals surface area contributed by atoms with Crippen LogP contribution in [0.2, 0.25) is 5.54 Å². The fraction of sp³-hybridized carbons (Fsp3) is 0.273. The average Bonchev–Trinajstić information content (AvgIpc) is 3.13. The molecule has 1 aliphatic carbocycles. The van der Waals surface area contributed by atoms with Crippen LogP contribution in [0.1, 0.15) is 83.2 Å². The summed E-state index contributed by atoms with van der Waals surface area (Å²) < 4.78 is 5.61. The first kappa shape index (κ1) is 26.6. The molecule has 4 rings (SSSR count). The highest BCUT2D eigenvalue weighted by atomic mass is 28.1. The Kier molecular flexibility index (Phi) is 7.25. The second-order valence-electron chi connectivity index (χ2n) is 10.9. The van der Waals surface area contributed by atoms with Crippen molar-refractivity contribution in [1.29, 1.82) is 0 Å². The standard InChI is InChI=1S/C33H33O3Si/c1-21-7-12-24(13-8-21)28-20-32(3,4)29-19-26(16-17-27(28)29)30(34)18-11-23-9-14-25(15-10-23)31(35)36-33(5,6)22(2)37/h7-20,22H,1-6H3. The van der Waals surface area contributed by atoms with Crippen LogP contribution in [0.4, 0.5) is 0 Å². The molecule has 1 atom stereocenters. The van der Waals surface area contributed by atoms with Gasteiger partial charge in [0, 0.05) is 21.2 Å². The van der Waals surface area contributed by atoms with Gasteiger partial charge in [-0.05, 0) is 78.4 Å². The molecule has 3 aromatic rings. The highest BCUT2D eigenvalue weighted by Crippen LogP contribution is 2.43. The molecule has 3 nitrogen and oxygen atoms in total. The molecular formula is C33H33O3Si. The van der Waals surface area contributed by atoms with Crippen LogP contribution in [-0.4, -0.2) is 27.6 Å². The quantitative estimate of drug-likeness (QED) is 0.144. The summed E-state index contributed by atoms with van der Waals surface area (Å²) in [6.07, 6.45) is 5.65. The van der Waals surface area contributed by atoms with Gasteiger partial charge >= 0.3 is 5.97 Å². The van der Waals surface area contributed by atoms with Crippen LogP contribution in [0.15, 0.2) is 78.9 Å². The van der Waals surface area contributed by atoms with Crippen molar-refractivity contribution >= 4 is 33.6 Å². The fourth-order valence-corrected chi connectivity index (χ4v) is 4.40. The lowest BCUT2D eigenvalue weighted by Crippen LogP contribution is -2.32. The van der Waals surface area contributed by atoms with Gasteiger partial charge in [0.25, 0.3) is 0 Å². The predicted octanol–water partition coefficient (Wildman–Crippen LogP) is 7.53. The molecule has 0 fully saturated rings. The number of ether oxygens (including phenoxy) is 1. The molecule has 187 valence electrons. The number of hydrogen-bond acceptors (Lipinski definition) is 3. The monoisotopic (exact) mass is 505 g/mol. The number of carbonyl (C=O) groups excluding carboxylic acids is 2. The number of rotatable bonds is 7. The number of hydrogen-bond donors (Lipinski definition) is 0. The van der Waals surface area contributed by atoms with Crippen LogP contribution < -0.4 is 0 Å². The summed E-state index contributed by atoms with van der Waals surface area (Å²) in [7, 11) is 3.53. The maximum Gasteiger partial charge on any atom is 0.338 e. The second kappa shape index (κ2) is 10.1. The molecule has 0 amide bonds. The van der Waals surface area contributed by atoms with Crippen molar-refractivity contribution in [3.63, 3.8) is 0 Å². The van der Waals surface area contributed by atoms with Gasteiger partial charge < -0.3 is 4.74 Å². The van der Waals surface area contributed by atoms with Gasteiger partial charge in [-0.3, -0.25) is 4.79 Å². The Morgan fingerprint density at radius 1 is 0.946 bits per heavy atom. The van der Waals surface area contributed by atoms with E-state index in [4.69, 9.17) is 4.74 Å². The lowest BCUT2D eigenvalue weighted by molar-refractivity contribution is -0.00202. The van der Waals surface area contributed by atoms with Crippen LogP contribution in [0, 0.1) is 6.92 Å². The zero-order valence-electron chi connectivity index (χ0n) is 22.4. The molecule has 0 bridgehead atoms. The van der Waals surface area contributed by atoms with Gasteiger partial charge in [-0.25, -0.2) is 4.79 Å². The largest absolute Gasteiger partial charge is 0.456 e. The number of esters is 1. The van der Waals surface area contributed by atoms with Crippen molar-refractivity contribution < 1.29 is 14.3 Å². The van der Waals surface area contributed by atoms with Crippen molar-refractivity contribution in [2.24, 2.45) is 0 Å². The van der Waals surface area contributed by atoms with Crippen molar-refractivity contribution in [1.82, 2.24) is 0 Å². The van der Waals surface area contributed by atoms with E-state index in [9.17, 15) is 9.59 Å². The zero-order chi connectivity index (χ0) is 27.0. The summed E-state index contributed by atoms with van der Waals surface area (Å²) in [5, 5.41) is 0. The molecule has 3 aromatic carbocycles. The summed E-state index contributed by atoms with van der Waals surface area (Å²) in [4.78, 5) is 25.5. The SMILES string of the molecule is Cc1ccc(C2=CC(C)(C)c3cc(C(=O)C=Cc4ccc(C(=O)OC(C)(C)C(C)[Si])cc4)ccc32)cc1. The number of aryl methyl sites for hydroxylation is 1. The van der Waals surface area contributed by atoms with Gasteiger partial charge in [0.1, 0.15) is 5.60 Å². The van der Waals surface area contributed by atoms with E-state index in [0.717, 1.165) is 11.1 Å². The Morgan fingerprint density at radius 3 is 2.19 bits per heavy atom. The number of ketones is 1. The van der Waals surface area contributed by atoms with Crippen LogP contribution in [0.5, 0.6) is 0 Å². The lowest BCUT2D eigenvalue weighted by Gasteiger charge is -2.29. The van der Waals surface area contributed by atoms with Crippen LogP contribution in [0.25, 0.3) is 11.6 Å². The Hall–Kier alpha value is -3.50. The van der Waals surface area contributed by atoms with Gasteiger partial charge in [0.2, 0.25) is 0 Å². The van der Waals surface area contributed by atoms with E-state index in [0.29, 0.717) is 11.1 Å². The highest BCUT2D eigenvalue weighted by Gasteiger charge is 2.31. The van der Waals surface area contributed by atoms with Gasteiger partial charge in [-0.1, -0.05) is 87.0 Å². The van der Waals surface area contributed by atoms with Crippen molar-refractivity contribution in [3.05, 3.63) is 118 Å². The van der Waals surface area contributed by atoms with Gasteiger partial charge in [0.15, 0.2) is 5.78 Å². The Labute approximate surface area is 223 Å². The molecule has 1 aliphatic rings. The molecule has 1 unspecified atom stereocenters. The third-order valence-electron chi connectivity index (χ3n) is 7.13. The first-order valence-corrected chi connectivity index (χ1v) is 13.2.